The Bertz CT molecular complexity index is 515. The fourth-order valence-electron chi connectivity index (χ4n) is 1.61. The maximum Gasteiger partial charge on any atom is 0.411 e. The van der Waals surface area contributed by atoms with Crippen molar-refractivity contribution in [2.75, 3.05) is 10.7 Å². The number of hydrazine groups is 1. The molecule has 1 saturated carbocycles. The highest BCUT2D eigenvalue weighted by Crippen LogP contribution is 2.51. The standard InChI is InChI=1S/C9H10F3N5O2/c10-9(11,12)8(1-2-8)15-6-3-5(17(18)19)4-7(14-6)16-13/h3-4H,1-2,13H2,(H2,14,15,16). The number of pyridine rings is 1. The average Bonchev–Trinajstić information content (AvgIpc) is 3.08. The van der Waals surface area contributed by atoms with Crippen molar-refractivity contribution < 1.29 is 18.1 Å². The fraction of sp³-hybridized carbons (Fsp3) is 0.444. The quantitative estimate of drug-likeness (QED) is 0.440. The largest absolute Gasteiger partial charge is 0.411 e. The lowest BCUT2D eigenvalue weighted by molar-refractivity contribution is -0.384. The van der Waals surface area contributed by atoms with Crippen LogP contribution in [0.3, 0.4) is 0 Å². The number of nitro groups is 1. The van der Waals surface area contributed by atoms with Crippen LogP contribution >= 0.6 is 0 Å². The van der Waals surface area contributed by atoms with E-state index in [4.69, 9.17) is 5.84 Å². The van der Waals surface area contributed by atoms with Crippen LogP contribution in [0.1, 0.15) is 12.8 Å². The SMILES string of the molecule is NNc1cc([N+](=O)[O-])cc(NC2(C(F)(F)F)CC2)n1. The Kier molecular flexibility index (Phi) is 2.97. The molecule has 4 N–H and O–H groups in total. The van der Waals surface area contributed by atoms with Gasteiger partial charge in [-0.05, 0) is 12.8 Å². The van der Waals surface area contributed by atoms with Crippen LogP contribution in [-0.2, 0) is 0 Å². The second-order valence-corrected chi connectivity index (χ2v) is 4.20. The van der Waals surface area contributed by atoms with Crippen molar-refractivity contribution in [3.05, 3.63) is 22.2 Å². The number of aromatic nitrogens is 1. The Hall–Kier alpha value is -2.10. The normalized spacial score (nSPS) is 16.8. The molecule has 10 heteroatoms. The number of anilines is 2. The summed E-state index contributed by atoms with van der Waals surface area (Å²) in [7, 11) is 0. The molecule has 0 aromatic carbocycles. The molecular weight excluding hydrogens is 267 g/mol. The molecule has 1 aliphatic carbocycles. The van der Waals surface area contributed by atoms with Crippen LogP contribution in [0.15, 0.2) is 12.1 Å². The van der Waals surface area contributed by atoms with Crippen LogP contribution < -0.4 is 16.6 Å². The molecule has 0 bridgehead atoms. The van der Waals surface area contributed by atoms with Gasteiger partial charge < -0.3 is 10.7 Å². The number of rotatable bonds is 4. The van der Waals surface area contributed by atoms with Gasteiger partial charge >= 0.3 is 6.18 Å². The lowest BCUT2D eigenvalue weighted by atomic mass is 10.2. The summed E-state index contributed by atoms with van der Waals surface area (Å²) in [6.07, 6.45) is -4.62. The maximum atomic E-state index is 12.8. The van der Waals surface area contributed by atoms with E-state index in [1.807, 2.05) is 0 Å². The van der Waals surface area contributed by atoms with E-state index >= 15 is 0 Å². The molecular formula is C9H10F3N5O2. The third-order valence-corrected chi connectivity index (χ3v) is 2.83. The van der Waals surface area contributed by atoms with Crippen molar-refractivity contribution in [1.29, 1.82) is 0 Å². The molecule has 1 heterocycles. The van der Waals surface area contributed by atoms with E-state index in [1.165, 1.54) is 0 Å². The van der Waals surface area contributed by atoms with E-state index in [9.17, 15) is 23.3 Å². The van der Waals surface area contributed by atoms with E-state index in [1.54, 1.807) is 0 Å². The zero-order valence-corrected chi connectivity index (χ0v) is 9.49. The molecule has 19 heavy (non-hydrogen) atoms. The van der Waals surface area contributed by atoms with Gasteiger partial charge in [-0.15, -0.1) is 0 Å². The zero-order valence-electron chi connectivity index (χ0n) is 9.49. The number of alkyl halides is 3. The molecule has 1 fully saturated rings. The molecule has 104 valence electrons. The summed E-state index contributed by atoms with van der Waals surface area (Å²) >= 11 is 0. The van der Waals surface area contributed by atoms with Gasteiger partial charge in [0.1, 0.15) is 17.2 Å². The molecule has 0 saturated heterocycles. The molecule has 1 aromatic rings. The van der Waals surface area contributed by atoms with Gasteiger partial charge in [-0.1, -0.05) is 0 Å². The van der Waals surface area contributed by atoms with Crippen molar-refractivity contribution in [2.24, 2.45) is 5.84 Å². The van der Waals surface area contributed by atoms with Crippen LogP contribution in [0, 0.1) is 10.1 Å². The Morgan fingerprint density at radius 2 is 1.95 bits per heavy atom. The number of hydrogen-bond acceptors (Lipinski definition) is 6. The summed E-state index contributed by atoms with van der Waals surface area (Å²) in [5.41, 5.74) is -0.369. The first-order valence-electron chi connectivity index (χ1n) is 5.25. The Morgan fingerprint density at radius 3 is 2.37 bits per heavy atom. The molecule has 0 atom stereocenters. The molecule has 0 aliphatic heterocycles. The third-order valence-electron chi connectivity index (χ3n) is 2.83. The van der Waals surface area contributed by atoms with Crippen LogP contribution in [0.5, 0.6) is 0 Å². The average molecular weight is 277 g/mol. The minimum atomic E-state index is -4.43. The highest BCUT2D eigenvalue weighted by molar-refractivity contribution is 5.56. The Morgan fingerprint density at radius 1 is 1.37 bits per heavy atom. The maximum absolute atomic E-state index is 12.8. The van der Waals surface area contributed by atoms with Crippen LogP contribution in [0.2, 0.25) is 0 Å². The van der Waals surface area contributed by atoms with Crippen molar-refractivity contribution in [2.45, 2.75) is 24.6 Å². The van der Waals surface area contributed by atoms with E-state index < -0.39 is 22.3 Å². The van der Waals surface area contributed by atoms with E-state index in [-0.39, 0.29) is 24.5 Å². The number of nitrogen functional groups attached to an aromatic ring is 1. The predicted molar refractivity (Wildman–Crippen MR) is 60.3 cm³/mol. The molecule has 0 radical (unpaired) electrons. The number of nitrogens with two attached hydrogens (primary N) is 1. The van der Waals surface area contributed by atoms with E-state index in [0.29, 0.717) is 0 Å². The smallest absolute Gasteiger partial charge is 0.356 e. The van der Waals surface area contributed by atoms with Crippen LogP contribution in [0.4, 0.5) is 30.5 Å². The van der Waals surface area contributed by atoms with Gasteiger partial charge in [0.05, 0.1) is 17.1 Å². The predicted octanol–water partition coefficient (Wildman–Crippen LogP) is 1.78. The van der Waals surface area contributed by atoms with Crippen molar-refractivity contribution >= 4 is 17.3 Å². The summed E-state index contributed by atoms with van der Waals surface area (Å²) in [5, 5.41) is 12.9. The number of halogens is 3. The Balaban J connectivity index is 2.30. The van der Waals surface area contributed by atoms with Gasteiger partial charge in [-0.2, -0.15) is 13.2 Å². The van der Waals surface area contributed by atoms with Gasteiger partial charge in [0.2, 0.25) is 0 Å². The summed E-state index contributed by atoms with van der Waals surface area (Å²) in [5.74, 6) is 4.74. The Labute approximate surface area is 105 Å². The molecule has 2 rings (SSSR count). The van der Waals surface area contributed by atoms with Crippen molar-refractivity contribution in [3.8, 4) is 0 Å². The van der Waals surface area contributed by atoms with Crippen molar-refractivity contribution in [1.82, 2.24) is 4.98 Å². The van der Waals surface area contributed by atoms with Gasteiger partial charge in [0, 0.05) is 0 Å². The van der Waals surface area contributed by atoms with Gasteiger partial charge in [-0.25, -0.2) is 10.8 Å². The topological polar surface area (TPSA) is 106 Å². The number of nitrogens with one attached hydrogen (secondary N) is 2. The minimum Gasteiger partial charge on any atom is -0.356 e. The molecule has 1 aliphatic rings. The van der Waals surface area contributed by atoms with Gasteiger partial charge in [0.25, 0.3) is 5.69 Å². The first-order valence-corrected chi connectivity index (χ1v) is 5.25. The van der Waals surface area contributed by atoms with Crippen LogP contribution in [0.25, 0.3) is 0 Å². The monoisotopic (exact) mass is 277 g/mol. The highest BCUT2D eigenvalue weighted by Gasteiger charge is 2.63. The summed E-state index contributed by atoms with van der Waals surface area (Å²) < 4.78 is 38.3. The first-order chi connectivity index (χ1) is 8.77. The minimum absolute atomic E-state index is 0.0883. The van der Waals surface area contributed by atoms with Crippen LogP contribution in [-0.4, -0.2) is 21.6 Å². The van der Waals surface area contributed by atoms with Gasteiger partial charge in [0.15, 0.2) is 0 Å². The highest BCUT2D eigenvalue weighted by atomic mass is 19.4. The number of nitrogens with zero attached hydrogens (tertiary/aromatic N) is 2. The summed E-state index contributed by atoms with van der Waals surface area (Å²) in [4.78, 5) is 13.6. The zero-order chi connectivity index (χ0) is 14.3. The number of hydrogen-bond donors (Lipinski definition) is 3. The lowest BCUT2D eigenvalue weighted by Crippen LogP contribution is -2.39. The second kappa shape index (κ2) is 4.23. The lowest BCUT2D eigenvalue weighted by Gasteiger charge is -2.21. The molecule has 0 amide bonds. The fourth-order valence-corrected chi connectivity index (χ4v) is 1.61. The van der Waals surface area contributed by atoms with E-state index in [2.05, 4.69) is 15.7 Å². The third kappa shape index (κ3) is 2.52. The summed E-state index contributed by atoms with van der Waals surface area (Å²) in [6, 6.07) is 1.96. The van der Waals surface area contributed by atoms with Crippen molar-refractivity contribution in [3.63, 3.8) is 0 Å². The molecule has 0 unspecified atom stereocenters. The molecule has 1 aromatic heterocycles. The van der Waals surface area contributed by atoms with E-state index in [0.717, 1.165) is 12.1 Å². The molecule has 0 spiro atoms. The summed E-state index contributed by atoms with van der Waals surface area (Å²) in [6.45, 7) is 0. The first kappa shape index (κ1) is 13.3. The second-order valence-electron chi connectivity index (χ2n) is 4.20. The molecule has 7 nitrogen and oxygen atoms in total. The van der Waals surface area contributed by atoms with Gasteiger partial charge in [-0.3, -0.25) is 10.1 Å².